The van der Waals surface area contributed by atoms with Crippen molar-refractivity contribution >= 4 is 46.6 Å². The predicted octanol–water partition coefficient (Wildman–Crippen LogP) is 5.41. The quantitative estimate of drug-likeness (QED) is 0.423. The number of likely N-dealkylation sites (N-methyl/N-ethyl adjacent to an activating group) is 1. The van der Waals surface area contributed by atoms with Gasteiger partial charge < -0.3 is 15.0 Å². The van der Waals surface area contributed by atoms with Crippen LogP contribution in [0.15, 0.2) is 72.8 Å². The second-order valence-corrected chi connectivity index (χ2v) is 8.53. The molecule has 3 aromatic rings. The molecule has 33 heavy (non-hydrogen) atoms. The third-order valence-electron chi connectivity index (χ3n) is 5.04. The number of benzene rings is 3. The summed E-state index contributed by atoms with van der Waals surface area (Å²) in [7, 11) is 1.54. The van der Waals surface area contributed by atoms with Crippen LogP contribution in [0.4, 0.5) is 0 Å². The lowest BCUT2D eigenvalue weighted by molar-refractivity contribution is -0.142. The molecular weight excluding hydrogens is 483 g/mol. The van der Waals surface area contributed by atoms with Gasteiger partial charge in [0.15, 0.2) is 6.61 Å². The van der Waals surface area contributed by atoms with Crippen molar-refractivity contribution in [2.24, 2.45) is 0 Å². The molecule has 0 saturated carbocycles. The van der Waals surface area contributed by atoms with Crippen LogP contribution in [0.3, 0.4) is 0 Å². The van der Waals surface area contributed by atoms with Gasteiger partial charge in [-0.05, 0) is 35.4 Å². The largest absolute Gasteiger partial charge is 0.482 e. The zero-order valence-corrected chi connectivity index (χ0v) is 20.2. The van der Waals surface area contributed by atoms with E-state index in [1.807, 2.05) is 30.3 Å². The van der Waals surface area contributed by atoms with Crippen LogP contribution in [0.5, 0.6) is 5.75 Å². The molecule has 0 aromatic heterocycles. The first kappa shape index (κ1) is 24.9. The lowest BCUT2D eigenvalue weighted by atomic mass is 10.0. The minimum Gasteiger partial charge on any atom is -0.482 e. The molecule has 0 spiro atoms. The summed E-state index contributed by atoms with van der Waals surface area (Å²) in [5.74, 6) is -0.267. The highest BCUT2D eigenvalue weighted by atomic mass is 35.5. The van der Waals surface area contributed by atoms with Gasteiger partial charge in [0, 0.05) is 20.0 Å². The summed E-state index contributed by atoms with van der Waals surface area (Å²) in [5, 5.41) is 3.84. The van der Waals surface area contributed by atoms with Crippen LogP contribution >= 0.6 is 34.8 Å². The van der Waals surface area contributed by atoms with Gasteiger partial charge in [-0.25, -0.2) is 0 Å². The first-order chi connectivity index (χ1) is 15.9. The van der Waals surface area contributed by atoms with Gasteiger partial charge in [0.05, 0.1) is 15.1 Å². The SMILES string of the molecule is CNC(=O)[C@H](Cc1ccccc1)N(Cc1ccc(Cl)c(Cl)c1)C(=O)COc1ccccc1Cl. The maximum atomic E-state index is 13.4. The molecule has 0 bridgehead atoms. The third kappa shape index (κ3) is 6.87. The van der Waals surface area contributed by atoms with Crippen LogP contribution in [0, 0.1) is 0 Å². The number of hydrogen-bond donors (Lipinski definition) is 1. The standard InChI is InChI=1S/C25H23Cl3N2O3/c1-29-25(32)22(14-17-7-3-2-4-8-17)30(15-18-11-12-19(26)21(28)13-18)24(31)16-33-23-10-6-5-9-20(23)27/h2-13,22H,14-16H2,1H3,(H,29,32)/t22-/m0/s1. The Morgan fingerprint density at radius 2 is 1.58 bits per heavy atom. The van der Waals surface area contributed by atoms with E-state index in [2.05, 4.69) is 5.32 Å². The lowest BCUT2D eigenvalue weighted by Crippen LogP contribution is -2.51. The van der Waals surface area contributed by atoms with Crippen LogP contribution in [-0.4, -0.2) is 36.4 Å². The Morgan fingerprint density at radius 3 is 2.24 bits per heavy atom. The van der Waals surface area contributed by atoms with E-state index >= 15 is 0 Å². The summed E-state index contributed by atoms with van der Waals surface area (Å²) in [6, 6.07) is 20.8. The summed E-state index contributed by atoms with van der Waals surface area (Å²) in [5.41, 5.74) is 1.66. The number of para-hydroxylation sites is 1. The third-order valence-corrected chi connectivity index (χ3v) is 6.09. The van der Waals surface area contributed by atoms with Gasteiger partial charge >= 0.3 is 0 Å². The van der Waals surface area contributed by atoms with Gasteiger partial charge in [-0.15, -0.1) is 0 Å². The molecule has 2 amide bonds. The van der Waals surface area contributed by atoms with Crippen LogP contribution in [0.1, 0.15) is 11.1 Å². The van der Waals surface area contributed by atoms with Gasteiger partial charge in [-0.1, -0.05) is 83.3 Å². The molecule has 0 aliphatic carbocycles. The van der Waals surface area contributed by atoms with Gasteiger partial charge in [-0.3, -0.25) is 9.59 Å². The number of nitrogens with one attached hydrogen (secondary N) is 1. The van der Waals surface area contributed by atoms with E-state index in [0.717, 1.165) is 11.1 Å². The maximum absolute atomic E-state index is 13.4. The van der Waals surface area contributed by atoms with Crippen molar-refractivity contribution in [3.8, 4) is 5.75 Å². The van der Waals surface area contributed by atoms with E-state index in [1.54, 1.807) is 49.5 Å². The van der Waals surface area contributed by atoms with Gasteiger partial charge in [-0.2, -0.15) is 0 Å². The summed E-state index contributed by atoms with van der Waals surface area (Å²) >= 11 is 18.4. The Balaban J connectivity index is 1.90. The molecule has 0 aliphatic heterocycles. The normalized spacial score (nSPS) is 11.5. The van der Waals surface area contributed by atoms with E-state index in [0.29, 0.717) is 27.2 Å². The van der Waals surface area contributed by atoms with Crippen LogP contribution < -0.4 is 10.1 Å². The minimum absolute atomic E-state index is 0.145. The second kappa shape index (κ2) is 11.9. The second-order valence-electron chi connectivity index (χ2n) is 7.31. The fourth-order valence-electron chi connectivity index (χ4n) is 3.34. The summed E-state index contributed by atoms with van der Waals surface area (Å²) < 4.78 is 5.67. The summed E-state index contributed by atoms with van der Waals surface area (Å²) in [4.78, 5) is 27.7. The number of rotatable bonds is 9. The van der Waals surface area contributed by atoms with Crippen molar-refractivity contribution in [1.29, 1.82) is 0 Å². The molecule has 3 rings (SSSR count). The fourth-order valence-corrected chi connectivity index (χ4v) is 3.85. The lowest BCUT2D eigenvalue weighted by Gasteiger charge is -2.31. The molecule has 0 fully saturated rings. The summed E-state index contributed by atoms with van der Waals surface area (Å²) in [6.45, 7) is -0.139. The van der Waals surface area contributed by atoms with E-state index in [4.69, 9.17) is 39.5 Å². The highest BCUT2D eigenvalue weighted by Crippen LogP contribution is 2.25. The Labute approximate surface area is 208 Å². The van der Waals surface area contributed by atoms with Crippen molar-refractivity contribution in [3.63, 3.8) is 0 Å². The maximum Gasteiger partial charge on any atom is 0.261 e. The monoisotopic (exact) mass is 504 g/mol. The predicted molar refractivity (Wildman–Crippen MR) is 132 cm³/mol. The number of carbonyl (C=O) groups is 2. The van der Waals surface area contributed by atoms with Crippen molar-refractivity contribution in [1.82, 2.24) is 10.2 Å². The first-order valence-electron chi connectivity index (χ1n) is 10.2. The summed E-state index contributed by atoms with van der Waals surface area (Å²) in [6.07, 6.45) is 0.333. The van der Waals surface area contributed by atoms with Crippen molar-refractivity contribution in [2.75, 3.05) is 13.7 Å². The Morgan fingerprint density at radius 1 is 0.879 bits per heavy atom. The van der Waals surface area contributed by atoms with Crippen LogP contribution in [0.2, 0.25) is 15.1 Å². The van der Waals surface area contributed by atoms with Crippen molar-refractivity contribution in [2.45, 2.75) is 19.0 Å². The number of hydrogen-bond acceptors (Lipinski definition) is 3. The molecule has 0 radical (unpaired) electrons. The number of nitrogens with zero attached hydrogens (tertiary/aromatic N) is 1. The van der Waals surface area contributed by atoms with Crippen molar-refractivity contribution in [3.05, 3.63) is 99.0 Å². The number of amides is 2. The Bertz CT molecular complexity index is 1110. The average Bonchev–Trinajstić information content (AvgIpc) is 2.83. The zero-order valence-electron chi connectivity index (χ0n) is 17.9. The molecule has 8 heteroatoms. The van der Waals surface area contributed by atoms with E-state index in [9.17, 15) is 9.59 Å². The molecular formula is C25H23Cl3N2O3. The average molecular weight is 506 g/mol. The highest BCUT2D eigenvalue weighted by Gasteiger charge is 2.30. The van der Waals surface area contributed by atoms with E-state index in [-0.39, 0.29) is 25.0 Å². The number of halogens is 3. The van der Waals surface area contributed by atoms with Crippen LogP contribution in [-0.2, 0) is 22.6 Å². The molecule has 3 aromatic carbocycles. The van der Waals surface area contributed by atoms with Crippen molar-refractivity contribution < 1.29 is 14.3 Å². The van der Waals surface area contributed by atoms with Crippen LogP contribution in [0.25, 0.3) is 0 Å². The number of carbonyl (C=O) groups excluding carboxylic acids is 2. The first-order valence-corrected chi connectivity index (χ1v) is 11.4. The van der Waals surface area contributed by atoms with E-state index < -0.39 is 6.04 Å². The Hall–Kier alpha value is -2.73. The zero-order chi connectivity index (χ0) is 23.8. The molecule has 0 heterocycles. The van der Waals surface area contributed by atoms with E-state index in [1.165, 1.54) is 4.90 Å². The molecule has 1 N–H and O–H groups in total. The van der Waals surface area contributed by atoms with Gasteiger partial charge in [0.1, 0.15) is 11.8 Å². The molecule has 1 atom stereocenters. The topological polar surface area (TPSA) is 58.6 Å². The Kier molecular flexibility index (Phi) is 9.01. The fraction of sp³-hybridized carbons (Fsp3) is 0.200. The van der Waals surface area contributed by atoms with Gasteiger partial charge in [0.2, 0.25) is 5.91 Å². The smallest absolute Gasteiger partial charge is 0.261 e. The molecule has 172 valence electrons. The van der Waals surface area contributed by atoms with Gasteiger partial charge in [0.25, 0.3) is 5.91 Å². The molecule has 0 unspecified atom stereocenters. The molecule has 0 saturated heterocycles. The number of ether oxygens (including phenoxy) is 1. The molecule has 5 nitrogen and oxygen atoms in total. The minimum atomic E-state index is -0.769. The highest BCUT2D eigenvalue weighted by molar-refractivity contribution is 6.42. The molecule has 0 aliphatic rings.